The highest BCUT2D eigenvalue weighted by molar-refractivity contribution is 7.96. The van der Waals surface area contributed by atoms with Crippen molar-refractivity contribution in [2.24, 2.45) is 5.92 Å². The van der Waals surface area contributed by atoms with E-state index in [0.29, 0.717) is 18.2 Å². The third-order valence-electron chi connectivity index (χ3n) is 2.29. The summed E-state index contributed by atoms with van der Waals surface area (Å²) in [6.07, 6.45) is -0.887. The lowest BCUT2D eigenvalue weighted by Crippen LogP contribution is -2.26. The number of nitrogens with zero attached hydrogens (tertiary/aromatic N) is 1. The molecule has 0 aliphatic heterocycles. The third kappa shape index (κ3) is 4.87. The predicted octanol–water partition coefficient (Wildman–Crippen LogP) is 3.48. The molecular formula is C13H19NO3S. The molecule has 4 nitrogen and oxygen atoms in total. The van der Waals surface area contributed by atoms with Crippen LogP contribution < -0.4 is 4.74 Å². The van der Waals surface area contributed by atoms with Crippen molar-refractivity contribution in [1.29, 1.82) is 0 Å². The molecule has 0 atom stereocenters. The van der Waals surface area contributed by atoms with Crippen LogP contribution >= 0.6 is 11.9 Å². The minimum atomic E-state index is -0.887. The maximum Gasteiger partial charge on any atom is 0.417 e. The van der Waals surface area contributed by atoms with Crippen LogP contribution in [0.15, 0.2) is 24.3 Å². The Morgan fingerprint density at radius 1 is 1.39 bits per heavy atom. The van der Waals surface area contributed by atoms with Crippen LogP contribution in [-0.2, 0) is 5.75 Å². The van der Waals surface area contributed by atoms with Crippen molar-refractivity contribution in [3.8, 4) is 5.75 Å². The molecule has 0 saturated heterocycles. The summed E-state index contributed by atoms with van der Waals surface area (Å²) in [7, 11) is 1.62. The zero-order chi connectivity index (χ0) is 13.5. The molecule has 1 aromatic carbocycles. The molecule has 0 fully saturated rings. The number of amides is 1. The van der Waals surface area contributed by atoms with E-state index in [1.54, 1.807) is 7.11 Å². The second kappa shape index (κ2) is 7.16. The Hall–Kier alpha value is -1.36. The first-order valence-corrected chi connectivity index (χ1v) is 6.73. The van der Waals surface area contributed by atoms with E-state index >= 15 is 0 Å². The van der Waals surface area contributed by atoms with Gasteiger partial charge in [-0.2, -0.15) is 0 Å². The van der Waals surface area contributed by atoms with Gasteiger partial charge < -0.3 is 9.84 Å². The summed E-state index contributed by atoms with van der Waals surface area (Å²) < 4.78 is 6.46. The van der Waals surface area contributed by atoms with Crippen LogP contribution in [0.2, 0.25) is 0 Å². The van der Waals surface area contributed by atoms with Gasteiger partial charge in [0.2, 0.25) is 0 Å². The minimum absolute atomic E-state index is 0.324. The first-order valence-electron chi connectivity index (χ1n) is 5.79. The van der Waals surface area contributed by atoms with Crippen molar-refractivity contribution in [2.45, 2.75) is 19.6 Å². The molecule has 100 valence electrons. The fraction of sp³-hybridized carbons (Fsp3) is 0.462. The Kier molecular flexibility index (Phi) is 5.85. The zero-order valence-electron chi connectivity index (χ0n) is 10.9. The van der Waals surface area contributed by atoms with Crippen molar-refractivity contribution < 1.29 is 14.6 Å². The number of hydrogen-bond donors (Lipinski definition) is 1. The predicted molar refractivity (Wildman–Crippen MR) is 73.9 cm³/mol. The van der Waals surface area contributed by atoms with Gasteiger partial charge in [-0.15, -0.1) is 0 Å². The molecule has 1 amide bonds. The smallest absolute Gasteiger partial charge is 0.417 e. The molecular weight excluding hydrogens is 250 g/mol. The van der Waals surface area contributed by atoms with Crippen molar-refractivity contribution >= 4 is 18.0 Å². The molecule has 1 N–H and O–H groups in total. The molecule has 0 spiro atoms. The van der Waals surface area contributed by atoms with Gasteiger partial charge in [0.15, 0.2) is 0 Å². The molecule has 0 saturated carbocycles. The number of methoxy groups -OCH3 is 1. The van der Waals surface area contributed by atoms with Crippen molar-refractivity contribution in [3.05, 3.63) is 29.8 Å². The van der Waals surface area contributed by atoms with E-state index < -0.39 is 6.09 Å². The number of ether oxygens (including phenoxy) is 1. The Morgan fingerprint density at radius 2 is 2.00 bits per heavy atom. The first-order chi connectivity index (χ1) is 8.52. The largest absolute Gasteiger partial charge is 0.497 e. The highest BCUT2D eigenvalue weighted by Crippen LogP contribution is 2.20. The van der Waals surface area contributed by atoms with E-state index in [4.69, 9.17) is 9.84 Å². The van der Waals surface area contributed by atoms with Gasteiger partial charge in [-0.05, 0) is 35.6 Å². The standard InChI is InChI=1S/C13H19NO3S/c1-10(2)8-14(13(15)16)18-9-11-4-6-12(17-3)7-5-11/h4-7,10H,8-9H2,1-3H3,(H,15,16). The lowest BCUT2D eigenvalue weighted by atomic mass is 10.2. The summed E-state index contributed by atoms with van der Waals surface area (Å²) in [6.45, 7) is 4.55. The van der Waals surface area contributed by atoms with E-state index in [2.05, 4.69) is 0 Å². The molecule has 0 aliphatic rings. The molecule has 0 aliphatic carbocycles. The van der Waals surface area contributed by atoms with Gasteiger partial charge in [0.25, 0.3) is 0 Å². The molecule has 0 heterocycles. The maximum absolute atomic E-state index is 11.0. The molecule has 0 bridgehead atoms. The van der Waals surface area contributed by atoms with Gasteiger partial charge in [-0.25, -0.2) is 4.79 Å². The fourth-order valence-electron chi connectivity index (χ4n) is 1.39. The minimum Gasteiger partial charge on any atom is -0.497 e. The normalized spacial score (nSPS) is 10.4. The number of benzene rings is 1. The Bertz CT molecular complexity index is 378. The van der Waals surface area contributed by atoms with Crippen molar-refractivity contribution in [3.63, 3.8) is 0 Å². The zero-order valence-corrected chi connectivity index (χ0v) is 11.7. The van der Waals surface area contributed by atoms with Crippen LogP contribution in [0.25, 0.3) is 0 Å². The Balaban J connectivity index is 2.52. The molecule has 1 rings (SSSR count). The lowest BCUT2D eigenvalue weighted by molar-refractivity contribution is 0.172. The monoisotopic (exact) mass is 269 g/mol. The summed E-state index contributed by atoms with van der Waals surface area (Å²) in [4.78, 5) is 11.0. The van der Waals surface area contributed by atoms with Crippen molar-refractivity contribution in [2.75, 3.05) is 13.7 Å². The molecule has 18 heavy (non-hydrogen) atoms. The van der Waals surface area contributed by atoms with E-state index in [-0.39, 0.29) is 0 Å². The summed E-state index contributed by atoms with van der Waals surface area (Å²) in [6, 6.07) is 7.65. The second-order valence-electron chi connectivity index (χ2n) is 4.36. The Labute approximate surface area is 112 Å². The summed E-state index contributed by atoms with van der Waals surface area (Å²) in [5, 5.41) is 9.07. The van der Waals surface area contributed by atoms with Crippen LogP contribution in [0.5, 0.6) is 5.75 Å². The average molecular weight is 269 g/mol. The molecule has 0 aromatic heterocycles. The van der Waals surface area contributed by atoms with Gasteiger partial charge in [0, 0.05) is 12.3 Å². The van der Waals surface area contributed by atoms with Crippen LogP contribution in [0, 0.1) is 5.92 Å². The van der Waals surface area contributed by atoms with E-state index in [0.717, 1.165) is 11.3 Å². The number of hydrogen-bond acceptors (Lipinski definition) is 3. The summed E-state index contributed by atoms with van der Waals surface area (Å²) in [5.74, 6) is 1.77. The number of rotatable bonds is 6. The highest BCUT2D eigenvalue weighted by Gasteiger charge is 2.14. The van der Waals surface area contributed by atoms with E-state index in [9.17, 15) is 4.79 Å². The van der Waals surface area contributed by atoms with Crippen LogP contribution in [0.3, 0.4) is 0 Å². The molecule has 1 aromatic rings. The second-order valence-corrected chi connectivity index (χ2v) is 5.35. The topological polar surface area (TPSA) is 49.8 Å². The van der Waals surface area contributed by atoms with Crippen LogP contribution in [-0.4, -0.2) is 29.2 Å². The summed E-state index contributed by atoms with van der Waals surface area (Å²) >= 11 is 1.32. The quantitative estimate of drug-likeness (QED) is 0.803. The Morgan fingerprint density at radius 3 is 2.44 bits per heavy atom. The van der Waals surface area contributed by atoms with Crippen LogP contribution in [0.4, 0.5) is 4.79 Å². The third-order valence-corrected chi connectivity index (χ3v) is 3.37. The van der Waals surface area contributed by atoms with E-state index in [1.807, 2.05) is 38.1 Å². The molecule has 0 radical (unpaired) electrons. The average Bonchev–Trinajstić information content (AvgIpc) is 2.34. The maximum atomic E-state index is 11.0. The number of carbonyl (C=O) groups is 1. The fourth-order valence-corrected chi connectivity index (χ4v) is 2.40. The highest BCUT2D eigenvalue weighted by atomic mass is 32.2. The summed E-state index contributed by atoms with van der Waals surface area (Å²) in [5.41, 5.74) is 1.08. The van der Waals surface area contributed by atoms with Gasteiger partial charge in [-0.1, -0.05) is 26.0 Å². The lowest BCUT2D eigenvalue weighted by Gasteiger charge is -2.19. The van der Waals surface area contributed by atoms with Crippen molar-refractivity contribution in [1.82, 2.24) is 4.31 Å². The van der Waals surface area contributed by atoms with Gasteiger partial charge in [0.1, 0.15) is 5.75 Å². The first kappa shape index (κ1) is 14.7. The molecule has 5 heteroatoms. The van der Waals surface area contributed by atoms with Crippen LogP contribution in [0.1, 0.15) is 19.4 Å². The SMILES string of the molecule is COc1ccc(CSN(CC(C)C)C(=O)O)cc1. The van der Waals surface area contributed by atoms with Gasteiger partial charge in [0.05, 0.1) is 7.11 Å². The van der Waals surface area contributed by atoms with E-state index in [1.165, 1.54) is 16.3 Å². The molecule has 0 unspecified atom stereocenters. The van der Waals surface area contributed by atoms with Gasteiger partial charge >= 0.3 is 6.09 Å². The number of carboxylic acid groups (broad SMARTS) is 1. The van der Waals surface area contributed by atoms with Gasteiger partial charge in [-0.3, -0.25) is 4.31 Å².